The number of aryl methyl sites for hydroxylation is 2. The summed E-state index contributed by atoms with van der Waals surface area (Å²) in [5.74, 6) is 0.796. The van der Waals surface area contributed by atoms with E-state index in [2.05, 4.69) is 18.4 Å². The standard InChI is InChI=1S/C17H17Cl2N2O/c1-4-5-6-13-10(2)20-21-16(11(3)22-17(13)21)14-8-7-12(18)9-15(14)19/h5,7-9H,4,6H2,1-3H3. The van der Waals surface area contributed by atoms with Crippen LogP contribution in [0, 0.1) is 20.3 Å². The molecule has 0 aliphatic rings. The zero-order valence-electron chi connectivity index (χ0n) is 12.8. The van der Waals surface area contributed by atoms with Crippen molar-refractivity contribution in [2.45, 2.75) is 33.6 Å². The van der Waals surface area contributed by atoms with E-state index < -0.39 is 0 Å². The van der Waals surface area contributed by atoms with Crippen molar-refractivity contribution in [1.29, 1.82) is 0 Å². The van der Waals surface area contributed by atoms with E-state index >= 15 is 0 Å². The van der Waals surface area contributed by atoms with Gasteiger partial charge >= 0.3 is 0 Å². The third-order valence-corrected chi connectivity index (χ3v) is 4.30. The molecule has 0 bridgehead atoms. The number of unbranched alkanes of at least 4 members (excludes halogenated alkanes) is 1. The van der Waals surface area contributed by atoms with E-state index in [1.165, 1.54) is 0 Å². The molecule has 1 aromatic carbocycles. The molecule has 0 unspecified atom stereocenters. The third kappa shape index (κ3) is 2.53. The minimum Gasteiger partial charge on any atom is -0.441 e. The molecule has 0 saturated carbocycles. The van der Waals surface area contributed by atoms with Gasteiger partial charge in [-0.2, -0.15) is 9.61 Å². The highest BCUT2D eigenvalue weighted by Gasteiger charge is 2.21. The number of hydrogen-bond acceptors (Lipinski definition) is 2. The first-order valence-corrected chi connectivity index (χ1v) is 8.03. The highest BCUT2D eigenvalue weighted by atomic mass is 35.5. The molecule has 3 nitrogen and oxygen atoms in total. The van der Waals surface area contributed by atoms with Gasteiger partial charge in [-0.15, -0.1) is 0 Å². The van der Waals surface area contributed by atoms with Crippen molar-refractivity contribution < 1.29 is 4.42 Å². The molecule has 2 heterocycles. The fourth-order valence-electron chi connectivity index (χ4n) is 2.65. The molecule has 0 atom stereocenters. The van der Waals surface area contributed by atoms with Gasteiger partial charge in [0.25, 0.3) is 0 Å². The summed E-state index contributed by atoms with van der Waals surface area (Å²) in [6.45, 7) is 6.06. The number of nitrogens with zero attached hydrogens (tertiary/aromatic N) is 2. The second-order valence-corrected chi connectivity index (χ2v) is 6.16. The quantitative estimate of drug-likeness (QED) is 0.614. The van der Waals surface area contributed by atoms with Crippen LogP contribution in [-0.2, 0) is 6.42 Å². The summed E-state index contributed by atoms with van der Waals surface area (Å²) in [4.78, 5) is 0. The van der Waals surface area contributed by atoms with Gasteiger partial charge in [0.15, 0.2) is 0 Å². The van der Waals surface area contributed by atoms with Crippen molar-refractivity contribution in [2.75, 3.05) is 0 Å². The molecule has 2 aromatic heterocycles. The van der Waals surface area contributed by atoms with E-state index in [9.17, 15) is 0 Å². The summed E-state index contributed by atoms with van der Waals surface area (Å²) in [5, 5.41) is 5.84. The average molecular weight is 336 g/mol. The van der Waals surface area contributed by atoms with E-state index in [0.717, 1.165) is 46.8 Å². The van der Waals surface area contributed by atoms with Crippen molar-refractivity contribution in [3.63, 3.8) is 0 Å². The van der Waals surface area contributed by atoms with Crippen molar-refractivity contribution in [1.82, 2.24) is 9.61 Å². The van der Waals surface area contributed by atoms with Crippen LogP contribution < -0.4 is 0 Å². The maximum absolute atomic E-state index is 6.35. The number of rotatable bonds is 4. The molecule has 115 valence electrons. The van der Waals surface area contributed by atoms with Crippen LogP contribution in [0.1, 0.15) is 30.4 Å². The molecule has 22 heavy (non-hydrogen) atoms. The van der Waals surface area contributed by atoms with Crippen LogP contribution in [0.4, 0.5) is 0 Å². The Morgan fingerprint density at radius 3 is 2.73 bits per heavy atom. The van der Waals surface area contributed by atoms with Crippen molar-refractivity contribution >= 4 is 28.9 Å². The number of oxazole rings is 1. The van der Waals surface area contributed by atoms with E-state index in [4.69, 9.17) is 27.6 Å². The number of aromatic nitrogens is 2. The Hall–Kier alpha value is -1.45. The van der Waals surface area contributed by atoms with Gasteiger partial charge in [-0.1, -0.05) is 36.5 Å². The lowest BCUT2D eigenvalue weighted by molar-refractivity contribution is 0.569. The van der Waals surface area contributed by atoms with Crippen molar-refractivity contribution in [3.8, 4) is 11.3 Å². The largest absolute Gasteiger partial charge is 0.441 e. The normalized spacial score (nSPS) is 11.5. The summed E-state index contributed by atoms with van der Waals surface area (Å²) in [6.07, 6.45) is 4.09. The van der Waals surface area contributed by atoms with Crippen LogP contribution in [0.15, 0.2) is 22.6 Å². The summed E-state index contributed by atoms with van der Waals surface area (Å²) in [5.41, 5.74) is 4.65. The van der Waals surface area contributed by atoms with Crippen LogP contribution in [-0.4, -0.2) is 9.61 Å². The zero-order chi connectivity index (χ0) is 15.9. The fourth-order valence-corrected chi connectivity index (χ4v) is 3.14. The minimum absolute atomic E-state index is 0.591. The Kier molecular flexibility index (Phi) is 4.20. The van der Waals surface area contributed by atoms with Crippen LogP contribution in [0.5, 0.6) is 0 Å². The van der Waals surface area contributed by atoms with Crippen LogP contribution in [0.2, 0.25) is 10.0 Å². The Morgan fingerprint density at radius 2 is 2.05 bits per heavy atom. The van der Waals surface area contributed by atoms with Gasteiger partial charge in [-0.3, -0.25) is 0 Å². The number of hydrogen-bond donors (Lipinski definition) is 0. The Bertz CT molecular complexity index is 833. The Morgan fingerprint density at radius 1 is 1.27 bits per heavy atom. The van der Waals surface area contributed by atoms with Crippen LogP contribution in [0.25, 0.3) is 17.0 Å². The minimum atomic E-state index is 0.591. The zero-order valence-corrected chi connectivity index (χ0v) is 14.3. The smallest absolute Gasteiger partial charge is 0.225 e. The molecule has 0 N–H and O–H groups in total. The summed E-state index contributed by atoms with van der Waals surface area (Å²) < 4.78 is 7.82. The topological polar surface area (TPSA) is 30.4 Å². The highest BCUT2D eigenvalue weighted by Crippen LogP contribution is 2.35. The lowest BCUT2D eigenvalue weighted by atomic mass is 10.1. The molecule has 0 aliphatic heterocycles. The van der Waals surface area contributed by atoms with Crippen molar-refractivity contribution in [3.05, 3.63) is 51.7 Å². The number of halogens is 2. The lowest BCUT2D eigenvalue weighted by Gasteiger charge is -2.03. The molecular formula is C17H17Cl2N2O. The summed E-state index contributed by atoms with van der Waals surface area (Å²) in [7, 11) is 0. The fraction of sp³-hybridized carbons (Fsp3) is 0.294. The lowest BCUT2D eigenvalue weighted by Crippen LogP contribution is -1.91. The molecule has 0 spiro atoms. The van der Waals surface area contributed by atoms with Crippen LogP contribution >= 0.6 is 23.2 Å². The highest BCUT2D eigenvalue weighted by molar-refractivity contribution is 6.36. The predicted octanol–water partition coefficient (Wildman–Crippen LogP) is 5.67. The molecule has 1 radical (unpaired) electrons. The molecular weight excluding hydrogens is 319 g/mol. The van der Waals surface area contributed by atoms with E-state index in [1.807, 2.05) is 30.5 Å². The van der Waals surface area contributed by atoms with Gasteiger partial charge in [-0.05, 0) is 44.9 Å². The predicted molar refractivity (Wildman–Crippen MR) is 90.7 cm³/mol. The van der Waals surface area contributed by atoms with E-state index in [1.54, 1.807) is 6.07 Å². The summed E-state index contributed by atoms with van der Waals surface area (Å²) in [6, 6.07) is 5.46. The second-order valence-electron chi connectivity index (χ2n) is 5.31. The molecule has 0 saturated heterocycles. The van der Waals surface area contributed by atoms with Gasteiger partial charge in [0.1, 0.15) is 11.5 Å². The van der Waals surface area contributed by atoms with Crippen molar-refractivity contribution in [2.24, 2.45) is 0 Å². The van der Waals surface area contributed by atoms with Gasteiger partial charge in [0.2, 0.25) is 5.71 Å². The Balaban J connectivity index is 2.20. The molecule has 3 aromatic rings. The number of benzene rings is 1. The maximum Gasteiger partial charge on any atom is 0.225 e. The third-order valence-electron chi connectivity index (χ3n) is 3.76. The van der Waals surface area contributed by atoms with Crippen LogP contribution in [0.3, 0.4) is 0 Å². The molecule has 0 fully saturated rings. The van der Waals surface area contributed by atoms with Gasteiger partial charge < -0.3 is 4.42 Å². The monoisotopic (exact) mass is 335 g/mol. The van der Waals surface area contributed by atoms with E-state index in [-0.39, 0.29) is 0 Å². The SMILES string of the molecule is CC[CH]Cc1c(C)nn2c(-c3ccc(Cl)cc3Cl)c(C)oc12. The number of fused-ring (bicyclic) bond motifs is 1. The summed E-state index contributed by atoms with van der Waals surface area (Å²) >= 11 is 12.3. The second kappa shape index (κ2) is 5.98. The molecule has 3 rings (SSSR count). The van der Waals surface area contributed by atoms with E-state index in [0.29, 0.717) is 10.0 Å². The molecule has 5 heteroatoms. The first-order chi connectivity index (χ1) is 10.5. The van der Waals surface area contributed by atoms with Gasteiger partial charge in [0, 0.05) is 16.1 Å². The maximum atomic E-state index is 6.35. The van der Waals surface area contributed by atoms with Gasteiger partial charge in [-0.25, -0.2) is 0 Å². The molecule has 0 amide bonds. The first kappa shape index (κ1) is 15.4. The first-order valence-electron chi connectivity index (χ1n) is 7.27. The Labute approximate surface area is 139 Å². The van der Waals surface area contributed by atoms with Gasteiger partial charge in [0.05, 0.1) is 10.7 Å². The average Bonchev–Trinajstić information content (AvgIpc) is 2.91. The molecule has 0 aliphatic carbocycles.